The van der Waals surface area contributed by atoms with Gasteiger partial charge in [-0.15, -0.1) is 0 Å². The molecular formula is C10H15NO4S. The smallest absolute Gasteiger partial charge is 0.223 e. The molecule has 0 saturated heterocycles. The van der Waals surface area contributed by atoms with Gasteiger partial charge in [-0.2, -0.15) is 16.5 Å². The standard InChI is InChI=1S/C10H15NO4S/c1-6(2)16-5-10(14)7-3-8(12)9(13)4-11(7)15/h3-4,6,10,13-15H,5H2,1-2H3. The molecule has 1 rings (SSSR count). The van der Waals surface area contributed by atoms with Gasteiger partial charge in [0.25, 0.3) is 0 Å². The second-order valence-electron chi connectivity index (χ2n) is 3.69. The van der Waals surface area contributed by atoms with E-state index in [1.807, 2.05) is 13.8 Å². The fourth-order valence-corrected chi connectivity index (χ4v) is 1.88. The van der Waals surface area contributed by atoms with E-state index in [1.165, 1.54) is 11.8 Å². The number of aliphatic hydroxyl groups excluding tert-OH is 1. The van der Waals surface area contributed by atoms with Gasteiger partial charge in [-0.25, -0.2) is 0 Å². The molecule has 1 atom stereocenters. The normalized spacial score (nSPS) is 13.0. The van der Waals surface area contributed by atoms with Crippen LogP contribution in [0.25, 0.3) is 0 Å². The Labute approximate surface area is 97.3 Å². The monoisotopic (exact) mass is 245 g/mol. The molecule has 1 heterocycles. The first kappa shape index (κ1) is 12.9. The summed E-state index contributed by atoms with van der Waals surface area (Å²) in [5, 5.41) is 28.5. The van der Waals surface area contributed by atoms with Gasteiger partial charge in [0.15, 0.2) is 5.75 Å². The third kappa shape index (κ3) is 3.18. The molecule has 3 N–H and O–H groups in total. The number of aromatic nitrogens is 1. The van der Waals surface area contributed by atoms with E-state index >= 15 is 0 Å². The number of thioether (sulfide) groups is 1. The highest BCUT2D eigenvalue weighted by Crippen LogP contribution is 2.20. The zero-order chi connectivity index (χ0) is 12.3. The summed E-state index contributed by atoms with van der Waals surface area (Å²) in [4.78, 5) is 11.1. The molecular weight excluding hydrogens is 230 g/mol. The van der Waals surface area contributed by atoms with Crippen molar-refractivity contribution in [1.82, 2.24) is 4.73 Å². The third-order valence-corrected chi connectivity index (χ3v) is 3.14. The lowest BCUT2D eigenvalue weighted by atomic mass is 10.2. The molecule has 1 unspecified atom stereocenters. The van der Waals surface area contributed by atoms with Crippen LogP contribution in [0, 0.1) is 0 Å². The van der Waals surface area contributed by atoms with E-state index in [4.69, 9.17) is 5.11 Å². The van der Waals surface area contributed by atoms with E-state index in [2.05, 4.69) is 0 Å². The van der Waals surface area contributed by atoms with Crippen molar-refractivity contribution in [3.05, 3.63) is 28.2 Å². The number of aromatic hydroxyl groups is 1. The molecule has 5 nitrogen and oxygen atoms in total. The van der Waals surface area contributed by atoms with E-state index in [9.17, 15) is 15.1 Å². The van der Waals surface area contributed by atoms with E-state index in [0.717, 1.165) is 12.3 Å². The molecule has 0 aliphatic rings. The molecule has 0 aliphatic carbocycles. The average Bonchev–Trinajstić information content (AvgIpc) is 2.20. The summed E-state index contributed by atoms with van der Waals surface area (Å²) >= 11 is 1.51. The summed E-state index contributed by atoms with van der Waals surface area (Å²) in [6, 6.07) is 1.03. The lowest BCUT2D eigenvalue weighted by molar-refractivity contribution is 0.122. The fourth-order valence-electron chi connectivity index (χ4n) is 1.15. The number of pyridine rings is 1. The topological polar surface area (TPSA) is 82.7 Å². The quantitative estimate of drug-likeness (QED) is 0.688. The van der Waals surface area contributed by atoms with Crippen molar-refractivity contribution < 1.29 is 15.4 Å². The van der Waals surface area contributed by atoms with Crippen LogP contribution in [0.3, 0.4) is 0 Å². The highest BCUT2D eigenvalue weighted by molar-refractivity contribution is 7.99. The predicted molar refractivity (Wildman–Crippen MR) is 62.1 cm³/mol. The molecule has 90 valence electrons. The molecule has 0 aliphatic heterocycles. The first-order valence-electron chi connectivity index (χ1n) is 4.86. The average molecular weight is 245 g/mol. The second-order valence-corrected chi connectivity index (χ2v) is 5.30. The first-order chi connectivity index (χ1) is 7.41. The molecule has 0 amide bonds. The van der Waals surface area contributed by atoms with Crippen molar-refractivity contribution in [1.29, 1.82) is 0 Å². The van der Waals surface area contributed by atoms with Gasteiger partial charge in [0.2, 0.25) is 5.43 Å². The van der Waals surface area contributed by atoms with Crippen LogP contribution in [0.4, 0.5) is 0 Å². The zero-order valence-corrected chi connectivity index (χ0v) is 9.94. The van der Waals surface area contributed by atoms with Crippen molar-refractivity contribution >= 4 is 11.8 Å². The molecule has 0 aromatic carbocycles. The minimum Gasteiger partial charge on any atom is -0.503 e. The van der Waals surface area contributed by atoms with Crippen LogP contribution in [-0.2, 0) is 0 Å². The number of aliphatic hydroxyl groups is 1. The Balaban J connectivity index is 2.87. The van der Waals surface area contributed by atoms with Crippen molar-refractivity contribution in [3.8, 4) is 5.75 Å². The number of nitrogens with zero attached hydrogens (tertiary/aromatic N) is 1. The molecule has 1 aromatic heterocycles. The summed E-state index contributed by atoms with van der Waals surface area (Å²) in [5.74, 6) is -0.169. The van der Waals surface area contributed by atoms with Crippen LogP contribution in [0.5, 0.6) is 5.75 Å². The van der Waals surface area contributed by atoms with E-state index < -0.39 is 17.3 Å². The SMILES string of the molecule is CC(C)SCC(O)c1cc(=O)c(O)cn1O. The highest BCUT2D eigenvalue weighted by Gasteiger charge is 2.14. The summed E-state index contributed by atoms with van der Waals surface area (Å²) in [7, 11) is 0. The Bertz CT molecular complexity index is 416. The molecule has 0 bridgehead atoms. The molecule has 0 saturated carbocycles. The molecule has 0 radical (unpaired) electrons. The summed E-state index contributed by atoms with van der Waals surface area (Å²) in [6.45, 7) is 3.97. The van der Waals surface area contributed by atoms with E-state index in [-0.39, 0.29) is 5.69 Å². The highest BCUT2D eigenvalue weighted by atomic mass is 32.2. The van der Waals surface area contributed by atoms with Crippen LogP contribution in [-0.4, -0.2) is 31.2 Å². The van der Waals surface area contributed by atoms with Crippen LogP contribution < -0.4 is 5.43 Å². The summed E-state index contributed by atoms with van der Waals surface area (Å²) < 4.78 is 0.572. The van der Waals surface area contributed by atoms with Gasteiger partial charge in [-0.1, -0.05) is 13.8 Å². The molecule has 16 heavy (non-hydrogen) atoms. The maximum absolute atomic E-state index is 11.1. The van der Waals surface area contributed by atoms with Crippen LogP contribution >= 0.6 is 11.8 Å². The lowest BCUT2D eigenvalue weighted by Gasteiger charge is -2.14. The molecule has 0 fully saturated rings. The largest absolute Gasteiger partial charge is 0.503 e. The van der Waals surface area contributed by atoms with Gasteiger partial charge in [-0.05, 0) is 5.25 Å². The van der Waals surface area contributed by atoms with Crippen LogP contribution in [0.1, 0.15) is 25.6 Å². The zero-order valence-electron chi connectivity index (χ0n) is 9.12. The fraction of sp³-hybridized carbons (Fsp3) is 0.500. The Kier molecular flexibility index (Phi) is 4.26. The van der Waals surface area contributed by atoms with Crippen molar-refractivity contribution in [2.24, 2.45) is 0 Å². The Hall–Kier alpha value is -1.14. The maximum atomic E-state index is 11.1. The third-order valence-electron chi connectivity index (χ3n) is 1.97. The number of hydrogen-bond donors (Lipinski definition) is 3. The van der Waals surface area contributed by atoms with Crippen molar-refractivity contribution in [2.75, 3.05) is 5.75 Å². The Morgan fingerprint density at radius 1 is 1.50 bits per heavy atom. The van der Waals surface area contributed by atoms with E-state index in [0.29, 0.717) is 15.7 Å². The predicted octanol–water partition coefficient (Wildman–Crippen LogP) is 0.966. The maximum Gasteiger partial charge on any atom is 0.223 e. The van der Waals surface area contributed by atoms with Gasteiger partial charge in [0.05, 0.1) is 11.9 Å². The first-order valence-corrected chi connectivity index (χ1v) is 5.91. The Morgan fingerprint density at radius 2 is 2.12 bits per heavy atom. The van der Waals surface area contributed by atoms with Gasteiger partial charge in [0, 0.05) is 11.8 Å². The van der Waals surface area contributed by atoms with Crippen LogP contribution in [0.2, 0.25) is 0 Å². The summed E-state index contributed by atoms with van der Waals surface area (Å²) in [6.07, 6.45) is -0.0632. The van der Waals surface area contributed by atoms with E-state index in [1.54, 1.807) is 0 Å². The van der Waals surface area contributed by atoms with Gasteiger partial charge < -0.3 is 15.4 Å². The van der Waals surface area contributed by atoms with Gasteiger partial charge >= 0.3 is 0 Å². The Morgan fingerprint density at radius 3 is 2.69 bits per heavy atom. The van der Waals surface area contributed by atoms with Crippen molar-refractivity contribution in [2.45, 2.75) is 25.2 Å². The number of hydrogen-bond acceptors (Lipinski definition) is 5. The lowest BCUT2D eigenvalue weighted by Crippen LogP contribution is -2.15. The molecule has 1 aromatic rings. The summed E-state index contributed by atoms with van der Waals surface area (Å²) in [5.41, 5.74) is -0.537. The number of rotatable bonds is 4. The molecule has 0 spiro atoms. The second kappa shape index (κ2) is 5.27. The van der Waals surface area contributed by atoms with Crippen LogP contribution in [0.15, 0.2) is 17.1 Å². The molecule has 6 heteroatoms. The minimum absolute atomic E-state index is 0.0796. The minimum atomic E-state index is -0.939. The van der Waals surface area contributed by atoms with Gasteiger partial charge in [-0.3, -0.25) is 4.79 Å². The van der Waals surface area contributed by atoms with Crippen molar-refractivity contribution in [3.63, 3.8) is 0 Å². The van der Waals surface area contributed by atoms with Gasteiger partial charge in [0.1, 0.15) is 6.10 Å².